The monoisotopic (exact) mass is 340 g/mol. The van der Waals surface area contributed by atoms with Gasteiger partial charge in [-0.3, -0.25) is 0 Å². The van der Waals surface area contributed by atoms with Gasteiger partial charge in [-0.05, 0) is 17.2 Å². The number of carboxylic acids is 1. The Hall–Kier alpha value is -2.68. The van der Waals surface area contributed by atoms with E-state index < -0.39 is 5.97 Å². The molecular formula is C17H9ClN2O2S. The third-order valence-corrected chi connectivity index (χ3v) is 4.73. The Morgan fingerprint density at radius 3 is 2.52 bits per heavy atom. The van der Waals surface area contributed by atoms with Gasteiger partial charge < -0.3 is 5.11 Å². The Bertz CT molecular complexity index is 930. The molecule has 0 spiro atoms. The molecule has 0 amide bonds. The summed E-state index contributed by atoms with van der Waals surface area (Å²) in [7, 11) is 0. The number of nitrogens with zero attached hydrogens (tertiary/aromatic N) is 2. The smallest absolute Gasteiger partial charge is 0.349 e. The maximum atomic E-state index is 11.1. The number of carboxylic acid groups (broad SMARTS) is 1. The highest BCUT2D eigenvalue weighted by Gasteiger charge is 2.17. The molecule has 112 valence electrons. The molecule has 0 aliphatic rings. The van der Waals surface area contributed by atoms with E-state index in [4.69, 9.17) is 16.7 Å². The number of hydrogen-bond donors (Lipinski definition) is 1. The first-order valence-electron chi connectivity index (χ1n) is 6.59. The maximum absolute atomic E-state index is 11.1. The Balaban J connectivity index is 2.08. The highest BCUT2D eigenvalue weighted by Crippen LogP contribution is 2.33. The van der Waals surface area contributed by atoms with Gasteiger partial charge in [-0.25, -0.2) is 9.78 Å². The first-order valence-corrected chi connectivity index (χ1v) is 7.79. The van der Waals surface area contributed by atoms with Gasteiger partial charge >= 0.3 is 5.97 Å². The highest BCUT2D eigenvalue weighted by atomic mass is 35.5. The van der Waals surface area contributed by atoms with Crippen molar-refractivity contribution in [2.75, 3.05) is 0 Å². The van der Waals surface area contributed by atoms with Crippen LogP contribution in [0.5, 0.6) is 0 Å². The molecule has 0 aliphatic heterocycles. The minimum atomic E-state index is -1.11. The molecule has 3 rings (SSSR count). The first-order chi connectivity index (χ1) is 11.1. The minimum Gasteiger partial charge on any atom is -0.477 e. The van der Waals surface area contributed by atoms with Crippen molar-refractivity contribution in [1.82, 2.24) is 4.98 Å². The Kier molecular flexibility index (Phi) is 4.11. The lowest BCUT2D eigenvalue weighted by atomic mass is 9.98. The summed E-state index contributed by atoms with van der Waals surface area (Å²) in [6, 6.07) is 17.1. The van der Waals surface area contributed by atoms with E-state index in [9.17, 15) is 10.1 Å². The lowest BCUT2D eigenvalue weighted by molar-refractivity contribution is 0.0702. The predicted octanol–water partition coefficient (Wildman–Crippen LogP) is 4.70. The number of halogens is 1. The van der Waals surface area contributed by atoms with Gasteiger partial charge in [-0.2, -0.15) is 5.26 Å². The van der Waals surface area contributed by atoms with Crippen LogP contribution in [0, 0.1) is 11.3 Å². The average molecular weight is 341 g/mol. The van der Waals surface area contributed by atoms with Crippen LogP contribution in [0.1, 0.15) is 15.2 Å². The molecule has 0 radical (unpaired) electrons. The number of rotatable bonds is 3. The van der Waals surface area contributed by atoms with Crippen LogP contribution in [0.15, 0.2) is 48.5 Å². The summed E-state index contributed by atoms with van der Waals surface area (Å²) >= 11 is 6.83. The molecule has 6 heteroatoms. The second-order valence-electron chi connectivity index (χ2n) is 4.68. The van der Waals surface area contributed by atoms with Crippen molar-refractivity contribution in [2.24, 2.45) is 0 Å². The van der Waals surface area contributed by atoms with Gasteiger partial charge in [0, 0.05) is 5.56 Å². The van der Waals surface area contributed by atoms with Crippen molar-refractivity contribution < 1.29 is 9.90 Å². The van der Waals surface area contributed by atoms with Crippen LogP contribution < -0.4 is 0 Å². The Morgan fingerprint density at radius 1 is 1.17 bits per heavy atom. The molecule has 0 aliphatic carbocycles. The molecular weight excluding hydrogens is 332 g/mol. The number of carbonyl (C=O) groups is 1. The molecule has 0 unspecified atom stereocenters. The van der Waals surface area contributed by atoms with E-state index in [2.05, 4.69) is 11.1 Å². The standard InChI is InChI=1S/C17H9ClN2O2S/c18-15-14(17(21)22)23-16(20-15)11-6-7-13(12(8-11)9-19)10-4-2-1-3-5-10/h1-8H,(H,21,22). The van der Waals surface area contributed by atoms with E-state index in [-0.39, 0.29) is 10.0 Å². The number of thiazole rings is 1. The van der Waals surface area contributed by atoms with Gasteiger partial charge in [-0.1, -0.05) is 54.1 Å². The molecule has 0 saturated heterocycles. The van der Waals surface area contributed by atoms with E-state index in [0.717, 1.165) is 22.5 Å². The van der Waals surface area contributed by atoms with Gasteiger partial charge in [0.1, 0.15) is 5.01 Å². The van der Waals surface area contributed by atoms with Crippen LogP contribution in [0.2, 0.25) is 5.15 Å². The highest BCUT2D eigenvalue weighted by molar-refractivity contribution is 7.17. The van der Waals surface area contributed by atoms with Gasteiger partial charge in [0.25, 0.3) is 0 Å². The maximum Gasteiger partial charge on any atom is 0.349 e. The molecule has 0 atom stereocenters. The van der Waals surface area contributed by atoms with Crippen LogP contribution in [0.4, 0.5) is 0 Å². The van der Waals surface area contributed by atoms with Gasteiger partial charge in [-0.15, -0.1) is 11.3 Å². The van der Waals surface area contributed by atoms with E-state index >= 15 is 0 Å². The predicted molar refractivity (Wildman–Crippen MR) is 89.7 cm³/mol. The van der Waals surface area contributed by atoms with E-state index in [1.807, 2.05) is 42.5 Å². The first kappa shape index (κ1) is 15.2. The SMILES string of the molecule is N#Cc1cc(-c2nc(Cl)c(C(=O)O)s2)ccc1-c1ccccc1. The van der Waals surface area contributed by atoms with E-state index in [0.29, 0.717) is 16.1 Å². The molecule has 4 nitrogen and oxygen atoms in total. The van der Waals surface area contributed by atoms with Crippen LogP contribution in [0.25, 0.3) is 21.7 Å². The zero-order valence-corrected chi connectivity index (χ0v) is 13.2. The number of benzene rings is 2. The number of aromatic carboxylic acids is 1. The normalized spacial score (nSPS) is 10.3. The average Bonchev–Trinajstić information content (AvgIpc) is 2.97. The minimum absolute atomic E-state index is 0.00712. The molecule has 3 aromatic rings. The fourth-order valence-corrected chi connectivity index (χ4v) is 3.32. The summed E-state index contributed by atoms with van der Waals surface area (Å²) < 4.78 is 0. The lowest BCUT2D eigenvalue weighted by Crippen LogP contribution is -1.91. The summed E-state index contributed by atoms with van der Waals surface area (Å²) in [4.78, 5) is 15.1. The number of nitriles is 1. The van der Waals surface area contributed by atoms with Gasteiger partial charge in [0.2, 0.25) is 0 Å². The quantitative estimate of drug-likeness (QED) is 0.749. The van der Waals surface area contributed by atoms with Crippen LogP contribution >= 0.6 is 22.9 Å². The molecule has 0 bridgehead atoms. The summed E-state index contributed by atoms with van der Waals surface area (Å²) in [5.74, 6) is -1.11. The lowest BCUT2D eigenvalue weighted by Gasteiger charge is -2.06. The van der Waals surface area contributed by atoms with Crippen molar-refractivity contribution in [3.05, 3.63) is 64.1 Å². The van der Waals surface area contributed by atoms with Crippen molar-refractivity contribution in [3.63, 3.8) is 0 Å². The third-order valence-electron chi connectivity index (χ3n) is 3.25. The topological polar surface area (TPSA) is 74.0 Å². The Labute approximate surface area is 141 Å². The zero-order valence-electron chi connectivity index (χ0n) is 11.7. The third kappa shape index (κ3) is 2.95. The second-order valence-corrected chi connectivity index (χ2v) is 6.04. The molecule has 2 aromatic carbocycles. The van der Waals surface area contributed by atoms with Crippen LogP contribution in [0.3, 0.4) is 0 Å². The fraction of sp³-hybridized carbons (Fsp3) is 0. The molecule has 1 N–H and O–H groups in total. The van der Waals surface area contributed by atoms with Crippen LogP contribution in [-0.2, 0) is 0 Å². The zero-order chi connectivity index (χ0) is 16.4. The molecule has 0 saturated carbocycles. The molecule has 23 heavy (non-hydrogen) atoms. The second kappa shape index (κ2) is 6.21. The van der Waals surface area contributed by atoms with Crippen molar-refractivity contribution in [3.8, 4) is 27.8 Å². The summed E-state index contributed by atoms with van der Waals surface area (Å²) in [6.45, 7) is 0. The van der Waals surface area contributed by atoms with Crippen molar-refractivity contribution in [2.45, 2.75) is 0 Å². The van der Waals surface area contributed by atoms with Crippen molar-refractivity contribution >= 4 is 28.9 Å². The summed E-state index contributed by atoms with van der Waals surface area (Å²) in [5, 5.41) is 18.9. The summed E-state index contributed by atoms with van der Waals surface area (Å²) in [6.07, 6.45) is 0. The number of aromatic nitrogens is 1. The van der Waals surface area contributed by atoms with Gasteiger partial charge in [0.15, 0.2) is 10.0 Å². The Morgan fingerprint density at radius 2 is 1.91 bits per heavy atom. The van der Waals surface area contributed by atoms with E-state index in [1.165, 1.54) is 0 Å². The molecule has 1 aromatic heterocycles. The molecule has 0 fully saturated rings. The fourth-order valence-electron chi connectivity index (χ4n) is 2.20. The van der Waals surface area contributed by atoms with Crippen LogP contribution in [-0.4, -0.2) is 16.1 Å². The molecule has 1 heterocycles. The number of hydrogen-bond acceptors (Lipinski definition) is 4. The van der Waals surface area contributed by atoms with Crippen molar-refractivity contribution in [1.29, 1.82) is 5.26 Å². The van der Waals surface area contributed by atoms with E-state index in [1.54, 1.807) is 6.07 Å². The largest absolute Gasteiger partial charge is 0.477 e. The van der Waals surface area contributed by atoms with Gasteiger partial charge in [0.05, 0.1) is 11.6 Å². The summed E-state index contributed by atoms with van der Waals surface area (Å²) in [5.41, 5.74) is 2.93.